The van der Waals surface area contributed by atoms with Gasteiger partial charge in [0, 0.05) is 12.6 Å². The predicted octanol–water partition coefficient (Wildman–Crippen LogP) is 2.38. The highest BCUT2D eigenvalue weighted by molar-refractivity contribution is 5.79. The molecule has 2 atom stereocenters. The van der Waals surface area contributed by atoms with Gasteiger partial charge in [0.15, 0.2) is 0 Å². The molecule has 24 heavy (non-hydrogen) atoms. The van der Waals surface area contributed by atoms with E-state index in [-0.39, 0.29) is 11.8 Å². The molecule has 0 aromatic carbocycles. The minimum absolute atomic E-state index is 0.0238. The van der Waals surface area contributed by atoms with Crippen molar-refractivity contribution in [3.05, 3.63) is 0 Å². The van der Waals surface area contributed by atoms with E-state index in [1.807, 2.05) is 20.8 Å². The van der Waals surface area contributed by atoms with Gasteiger partial charge < -0.3 is 5.32 Å². The van der Waals surface area contributed by atoms with Crippen molar-refractivity contribution in [2.45, 2.75) is 70.9 Å². The molecule has 2 heterocycles. The number of likely N-dealkylation sites (tertiary alicyclic amines) is 2. The third-order valence-electron chi connectivity index (χ3n) is 5.79. The van der Waals surface area contributed by atoms with E-state index >= 15 is 0 Å². The van der Waals surface area contributed by atoms with Crippen molar-refractivity contribution in [3.8, 4) is 6.07 Å². The highest BCUT2D eigenvalue weighted by atomic mass is 16.2. The Morgan fingerprint density at radius 1 is 1.21 bits per heavy atom. The van der Waals surface area contributed by atoms with Crippen molar-refractivity contribution in [3.63, 3.8) is 0 Å². The molecular weight excluding hydrogens is 300 g/mol. The molecule has 1 N–H and O–H groups in total. The lowest BCUT2D eigenvalue weighted by Gasteiger charge is -2.39. The van der Waals surface area contributed by atoms with Gasteiger partial charge in [0.1, 0.15) is 5.54 Å². The first-order valence-corrected chi connectivity index (χ1v) is 9.63. The summed E-state index contributed by atoms with van der Waals surface area (Å²) in [6, 6.07) is 2.85. The SMILES string of the molecule is CC(C)C(C)(C#N)NC(=O)CN1CCCC(N2CCCCCC2)C1. The van der Waals surface area contributed by atoms with Crippen LogP contribution in [0, 0.1) is 17.2 Å². The van der Waals surface area contributed by atoms with Crippen LogP contribution < -0.4 is 5.32 Å². The second-order valence-electron chi connectivity index (χ2n) is 8.00. The number of hydrogen-bond donors (Lipinski definition) is 1. The van der Waals surface area contributed by atoms with Crippen molar-refractivity contribution >= 4 is 5.91 Å². The number of carbonyl (C=O) groups is 1. The van der Waals surface area contributed by atoms with Crippen molar-refractivity contribution < 1.29 is 4.79 Å². The zero-order valence-electron chi connectivity index (χ0n) is 15.7. The summed E-state index contributed by atoms with van der Waals surface area (Å²) < 4.78 is 0. The summed E-state index contributed by atoms with van der Waals surface area (Å²) in [5.74, 6) is 0.0712. The van der Waals surface area contributed by atoms with E-state index in [4.69, 9.17) is 0 Å². The quantitative estimate of drug-likeness (QED) is 0.838. The number of hydrogen-bond acceptors (Lipinski definition) is 4. The lowest BCUT2D eigenvalue weighted by Crippen LogP contribution is -2.54. The largest absolute Gasteiger partial charge is 0.337 e. The molecule has 5 nitrogen and oxygen atoms in total. The van der Waals surface area contributed by atoms with Gasteiger partial charge in [-0.15, -0.1) is 0 Å². The molecule has 2 aliphatic heterocycles. The summed E-state index contributed by atoms with van der Waals surface area (Å²) in [5, 5.41) is 12.3. The average Bonchev–Trinajstić information content (AvgIpc) is 2.84. The number of nitrogens with one attached hydrogen (secondary N) is 1. The third kappa shape index (κ3) is 5.19. The Balaban J connectivity index is 1.86. The van der Waals surface area contributed by atoms with Crippen LogP contribution >= 0.6 is 0 Å². The van der Waals surface area contributed by atoms with Gasteiger partial charge >= 0.3 is 0 Å². The molecule has 0 aromatic rings. The van der Waals surface area contributed by atoms with Crippen molar-refractivity contribution in [2.75, 3.05) is 32.7 Å². The molecule has 0 saturated carbocycles. The van der Waals surface area contributed by atoms with Gasteiger partial charge in [-0.25, -0.2) is 0 Å². The Kier molecular flexibility index (Phi) is 7.06. The van der Waals surface area contributed by atoms with Crippen molar-refractivity contribution in [1.29, 1.82) is 5.26 Å². The van der Waals surface area contributed by atoms with Crippen LogP contribution in [-0.4, -0.2) is 60.0 Å². The number of piperidine rings is 1. The fourth-order valence-corrected chi connectivity index (χ4v) is 3.77. The Morgan fingerprint density at radius 3 is 2.46 bits per heavy atom. The fraction of sp³-hybridized carbons (Fsp3) is 0.895. The first-order valence-electron chi connectivity index (χ1n) is 9.63. The zero-order valence-corrected chi connectivity index (χ0v) is 15.7. The van der Waals surface area contributed by atoms with Crippen molar-refractivity contribution in [1.82, 2.24) is 15.1 Å². The van der Waals surface area contributed by atoms with Gasteiger partial charge in [-0.05, 0) is 58.2 Å². The van der Waals surface area contributed by atoms with Crippen LogP contribution in [0.2, 0.25) is 0 Å². The molecular formula is C19H34N4O. The van der Waals surface area contributed by atoms with Crippen LogP contribution in [0.15, 0.2) is 0 Å². The minimum atomic E-state index is -0.781. The van der Waals surface area contributed by atoms with E-state index in [1.165, 1.54) is 45.2 Å². The van der Waals surface area contributed by atoms with E-state index in [0.29, 0.717) is 12.6 Å². The lowest BCUT2D eigenvalue weighted by molar-refractivity contribution is -0.124. The maximum Gasteiger partial charge on any atom is 0.235 e. The summed E-state index contributed by atoms with van der Waals surface area (Å²) in [5.41, 5.74) is -0.781. The van der Waals surface area contributed by atoms with Crippen molar-refractivity contribution in [2.24, 2.45) is 5.92 Å². The van der Waals surface area contributed by atoms with E-state index in [2.05, 4.69) is 21.2 Å². The second kappa shape index (κ2) is 8.82. The van der Waals surface area contributed by atoms with Crippen LogP contribution in [0.1, 0.15) is 59.3 Å². The Labute approximate surface area is 147 Å². The summed E-state index contributed by atoms with van der Waals surface area (Å²) >= 11 is 0. The number of nitriles is 1. The van der Waals surface area contributed by atoms with Crippen LogP contribution in [0.4, 0.5) is 0 Å². The topological polar surface area (TPSA) is 59.4 Å². The predicted molar refractivity (Wildman–Crippen MR) is 96.5 cm³/mol. The maximum atomic E-state index is 12.4. The molecule has 0 aliphatic carbocycles. The summed E-state index contributed by atoms with van der Waals surface area (Å²) in [7, 11) is 0. The summed E-state index contributed by atoms with van der Waals surface area (Å²) in [6.45, 7) is 10.6. The maximum absolute atomic E-state index is 12.4. The molecule has 2 rings (SSSR count). The molecule has 0 radical (unpaired) electrons. The van der Waals surface area contributed by atoms with Crippen LogP contribution in [0.5, 0.6) is 0 Å². The smallest absolute Gasteiger partial charge is 0.235 e. The highest BCUT2D eigenvalue weighted by Crippen LogP contribution is 2.20. The van der Waals surface area contributed by atoms with E-state index in [9.17, 15) is 10.1 Å². The molecule has 2 fully saturated rings. The lowest BCUT2D eigenvalue weighted by atomic mass is 9.90. The van der Waals surface area contributed by atoms with Crippen LogP contribution in [-0.2, 0) is 4.79 Å². The molecule has 136 valence electrons. The first-order chi connectivity index (χ1) is 11.4. The Morgan fingerprint density at radius 2 is 1.88 bits per heavy atom. The van der Waals surface area contributed by atoms with E-state index in [0.717, 1.165) is 19.5 Å². The second-order valence-corrected chi connectivity index (χ2v) is 8.00. The number of rotatable bonds is 5. The van der Waals surface area contributed by atoms with E-state index < -0.39 is 5.54 Å². The number of carbonyl (C=O) groups excluding carboxylic acids is 1. The Hall–Kier alpha value is -1.12. The molecule has 2 saturated heterocycles. The van der Waals surface area contributed by atoms with Gasteiger partial charge in [-0.3, -0.25) is 14.6 Å². The third-order valence-corrected chi connectivity index (χ3v) is 5.79. The standard InChI is InChI=1S/C19H34N4O/c1-16(2)19(3,15-20)21-18(24)14-22-10-8-9-17(13-22)23-11-6-4-5-7-12-23/h16-17H,4-14H2,1-3H3,(H,21,24). The molecule has 2 aliphatic rings. The molecule has 1 amide bonds. The normalized spacial score (nSPS) is 26.4. The number of amides is 1. The molecule has 0 spiro atoms. The molecule has 0 aromatic heterocycles. The van der Waals surface area contributed by atoms with E-state index in [1.54, 1.807) is 0 Å². The summed E-state index contributed by atoms with van der Waals surface area (Å²) in [6.07, 6.45) is 7.75. The first kappa shape index (κ1) is 19.2. The van der Waals surface area contributed by atoms with Gasteiger partial charge in [-0.2, -0.15) is 5.26 Å². The highest BCUT2D eigenvalue weighted by Gasteiger charge is 2.32. The van der Waals surface area contributed by atoms with Gasteiger partial charge in [0.2, 0.25) is 5.91 Å². The van der Waals surface area contributed by atoms with Gasteiger partial charge in [0.05, 0.1) is 12.6 Å². The fourth-order valence-electron chi connectivity index (χ4n) is 3.77. The molecule has 5 heteroatoms. The molecule has 0 bridgehead atoms. The van der Waals surface area contributed by atoms with Crippen LogP contribution in [0.25, 0.3) is 0 Å². The number of nitrogens with zero attached hydrogens (tertiary/aromatic N) is 3. The Bertz CT molecular complexity index is 451. The molecule has 2 unspecified atom stereocenters. The van der Waals surface area contributed by atoms with Crippen LogP contribution in [0.3, 0.4) is 0 Å². The minimum Gasteiger partial charge on any atom is -0.337 e. The zero-order chi connectivity index (χ0) is 17.6. The monoisotopic (exact) mass is 334 g/mol. The average molecular weight is 335 g/mol. The summed E-state index contributed by atoms with van der Waals surface area (Å²) in [4.78, 5) is 17.3. The van der Waals surface area contributed by atoms with Gasteiger partial charge in [0.25, 0.3) is 0 Å². The van der Waals surface area contributed by atoms with Gasteiger partial charge in [-0.1, -0.05) is 26.7 Å².